The van der Waals surface area contributed by atoms with Crippen LogP contribution in [-0.4, -0.2) is 25.3 Å². The Kier molecular flexibility index (Phi) is 5.28. The quantitative estimate of drug-likeness (QED) is 0.711. The number of rotatable bonds is 7. The molecule has 0 aromatic heterocycles. The van der Waals surface area contributed by atoms with Gasteiger partial charge in [-0.15, -0.1) is 11.6 Å². The lowest BCUT2D eigenvalue weighted by Gasteiger charge is -2.22. The van der Waals surface area contributed by atoms with Crippen LogP contribution < -0.4 is 0 Å². The second-order valence-corrected chi connectivity index (χ2v) is 7.71. The molecular weight excluding hydrogens is 313 g/mol. The van der Waals surface area contributed by atoms with Gasteiger partial charge in [0.25, 0.3) is 0 Å². The van der Waals surface area contributed by atoms with Gasteiger partial charge in [-0.25, -0.2) is 12.8 Å². The normalized spacial score (nSPS) is 15.7. The number of sulfonamides is 1. The van der Waals surface area contributed by atoms with E-state index in [1.807, 2.05) is 6.92 Å². The highest BCUT2D eigenvalue weighted by atomic mass is 35.5. The maximum Gasteiger partial charge on any atom is 0.243 e. The van der Waals surface area contributed by atoms with Crippen molar-refractivity contribution in [2.45, 2.75) is 56.3 Å². The molecule has 0 aliphatic heterocycles. The number of unbranched alkanes of at least 4 members (excludes halogenated alkanes) is 1. The van der Waals surface area contributed by atoms with Gasteiger partial charge >= 0.3 is 0 Å². The van der Waals surface area contributed by atoms with Gasteiger partial charge in [0.15, 0.2) is 0 Å². The Bertz CT molecular complexity index is 614. The van der Waals surface area contributed by atoms with Gasteiger partial charge in [-0.3, -0.25) is 0 Å². The molecule has 0 amide bonds. The fourth-order valence-electron chi connectivity index (χ4n) is 2.36. The van der Waals surface area contributed by atoms with Crippen LogP contribution in [-0.2, 0) is 15.9 Å². The van der Waals surface area contributed by atoms with Crippen molar-refractivity contribution in [1.82, 2.24) is 4.31 Å². The summed E-state index contributed by atoms with van der Waals surface area (Å²) in [6.45, 7) is 4.12. The maximum atomic E-state index is 13.9. The molecule has 1 fully saturated rings. The van der Waals surface area contributed by atoms with E-state index in [0.717, 1.165) is 25.7 Å². The molecule has 3 nitrogen and oxygen atoms in total. The van der Waals surface area contributed by atoms with Gasteiger partial charge in [0.05, 0.1) is 10.8 Å². The van der Waals surface area contributed by atoms with Gasteiger partial charge < -0.3 is 0 Å². The minimum Gasteiger partial charge on any atom is -0.207 e. The zero-order valence-electron chi connectivity index (χ0n) is 12.4. The third-order valence-electron chi connectivity index (χ3n) is 3.74. The lowest BCUT2D eigenvalue weighted by Crippen LogP contribution is -2.34. The molecule has 6 heteroatoms. The molecule has 0 saturated heterocycles. The van der Waals surface area contributed by atoms with Gasteiger partial charge in [-0.1, -0.05) is 13.3 Å². The molecule has 0 N–H and O–H groups in total. The number of aryl methyl sites for hydroxylation is 1. The smallest absolute Gasteiger partial charge is 0.207 e. The summed E-state index contributed by atoms with van der Waals surface area (Å²) >= 11 is 5.72. The standard InChI is InChI=1S/C15H21ClFNO2S/c1-3-4-7-18(13-5-6-13)21(19,20)14-8-11(2)15(17)12(9-14)10-16/h8-9,13H,3-7,10H2,1-2H3. The van der Waals surface area contributed by atoms with Crippen LogP contribution in [0.5, 0.6) is 0 Å². The number of alkyl halides is 1. The molecule has 0 bridgehead atoms. The second-order valence-electron chi connectivity index (χ2n) is 5.55. The molecule has 1 aromatic carbocycles. The third-order valence-corrected chi connectivity index (χ3v) is 5.96. The van der Waals surface area contributed by atoms with Gasteiger partial charge in [0.2, 0.25) is 10.0 Å². The second kappa shape index (κ2) is 6.63. The van der Waals surface area contributed by atoms with Crippen LogP contribution in [0, 0.1) is 12.7 Å². The Morgan fingerprint density at radius 1 is 1.38 bits per heavy atom. The van der Waals surface area contributed by atoms with Crippen LogP contribution in [0.4, 0.5) is 4.39 Å². The molecule has 0 spiro atoms. The molecule has 2 rings (SSSR count). The number of benzene rings is 1. The van der Waals surface area contributed by atoms with Crippen molar-refractivity contribution in [2.75, 3.05) is 6.54 Å². The molecule has 1 aliphatic carbocycles. The topological polar surface area (TPSA) is 37.4 Å². The number of nitrogens with zero attached hydrogens (tertiary/aromatic N) is 1. The largest absolute Gasteiger partial charge is 0.243 e. The highest BCUT2D eigenvalue weighted by molar-refractivity contribution is 7.89. The predicted molar refractivity (Wildman–Crippen MR) is 82.5 cm³/mol. The summed E-state index contributed by atoms with van der Waals surface area (Å²) in [5.41, 5.74) is 0.555. The van der Waals surface area contributed by atoms with Gasteiger partial charge in [0.1, 0.15) is 5.82 Å². The zero-order chi connectivity index (χ0) is 15.6. The van der Waals surface area contributed by atoms with E-state index in [-0.39, 0.29) is 22.4 Å². The summed E-state index contributed by atoms with van der Waals surface area (Å²) < 4.78 is 41.0. The first-order valence-electron chi connectivity index (χ1n) is 7.28. The summed E-state index contributed by atoms with van der Waals surface area (Å²) in [5.74, 6) is -0.454. The maximum absolute atomic E-state index is 13.9. The van der Waals surface area contributed by atoms with Crippen LogP contribution in [0.2, 0.25) is 0 Å². The molecule has 118 valence electrons. The lowest BCUT2D eigenvalue weighted by atomic mass is 10.1. The van der Waals surface area contributed by atoms with E-state index in [1.165, 1.54) is 12.1 Å². The van der Waals surface area contributed by atoms with Crippen LogP contribution in [0.25, 0.3) is 0 Å². The highest BCUT2D eigenvalue weighted by Crippen LogP contribution is 2.33. The Morgan fingerprint density at radius 2 is 2.05 bits per heavy atom. The van der Waals surface area contributed by atoms with Crippen LogP contribution in [0.1, 0.15) is 43.7 Å². The van der Waals surface area contributed by atoms with Gasteiger partial charge in [0, 0.05) is 18.2 Å². The molecule has 21 heavy (non-hydrogen) atoms. The fourth-order valence-corrected chi connectivity index (χ4v) is 4.42. The third kappa shape index (κ3) is 3.58. The first-order chi connectivity index (χ1) is 9.91. The number of hydrogen-bond donors (Lipinski definition) is 0. The molecule has 0 heterocycles. The Hall–Kier alpha value is -0.650. The van der Waals surface area contributed by atoms with Crippen LogP contribution in [0.3, 0.4) is 0 Å². The highest BCUT2D eigenvalue weighted by Gasteiger charge is 2.37. The molecule has 1 saturated carbocycles. The average molecular weight is 334 g/mol. The SMILES string of the molecule is CCCCN(C1CC1)S(=O)(=O)c1cc(C)c(F)c(CCl)c1. The Morgan fingerprint density at radius 3 is 2.57 bits per heavy atom. The zero-order valence-corrected chi connectivity index (χ0v) is 14.0. The van der Waals surface area contributed by atoms with Crippen molar-refractivity contribution in [3.05, 3.63) is 29.1 Å². The van der Waals surface area contributed by atoms with Gasteiger partial charge in [-0.05, 0) is 43.9 Å². The fraction of sp³-hybridized carbons (Fsp3) is 0.600. The van der Waals surface area contributed by atoms with Crippen molar-refractivity contribution in [3.8, 4) is 0 Å². The molecule has 1 aliphatic rings. The Labute approximate surface area is 131 Å². The summed E-state index contributed by atoms with van der Waals surface area (Å²) in [5, 5.41) is 0. The van der Waals surface area contributed by atoms with E-state index in [0.29, 0.717) is 12.1 Å². The van der Waals surface area contributed by atoms with E-state index in [4.69, 9.17) is 11.6 Å². The van der Waals surface area contributed by atoms with E-state index in [9.17, 15) is 12.8 Å². The summed E-state index contributed by atoms with van der Waals surface area (Å²) in [4.78, 5) is 0.153. The first kappa shape index (κ1) is 16.7. The molecule has 0 atom stereocenters. The van der Waals surface area contributed by atoms with E-state index < -0.39 is 15.8 Å². The summed E-state index contributed by atoms with van der Waals surface area (Å²) in [7, 11) is -3.57. The van der Waals surface area contributed by atoms with E-state index >= 15 is 0 Å². The van der Waals surface area contributed by atoms with Crippen molar-refractivity contribution < 1.29 is 12.8 Å². The molecule has 1 aromatic rings. The van der Waals surface area contributed by atoms with E-state index in [1.54, 1.807) is 11.2 Å². The minimum absolute atomic E-state index is 0.0333. The predicted octanol–water partition coefficient (Wildman–Crippen LogP) is 3.83. The van der Waals surface area contributed by atoms with Crippen molar-refractivity contribution in [1.29, 1.82) is 0 Å². The molecule has 0 radical (unpaired) electrons. The Balaban J connectivity index is 2.39. The molecule has 0 unspecified atom stereocenters. The first-order valence-corrected chi connectivity index (χ1v) is 9.26. The number of hydrogen-bond acceptors (Lipinski definition) is 2. The lowest BCUT2D eigenvalue weighted by molar-refractivity contribution is 0.395. The summed E-state index contributed by atoms with van der Waals surface area (Å²) in [6, 6.07) is 2.87. The van der Waals surface area contributed by atoms with Crippen molar-refractivity contribution in [3.63, 3.8) is 0 Å². The average Bonchev–Trinajstić information content (AvgIpc) is 3.26. The minimum atomic E-state index is -3.57. The monoisotopic (exact) mass is 333 g/mol. The van der Waals surface area contributed by atoms with Crippen LogP contribution >= 0.6 is 11.6 Å². The van der Waals surface area contributed by atoms with Crippen LogP contribution in [0.15, 0.2) is 17.0 Å². The summed E-state index contributed by atoms with van der Waals surface area (Å²) in [6.07, 6.45) is 3.59. The number of halogens is 2. The molecular formula is C15H21ClFNO2S. The van der Waals surface area contributed by atoms with Crippen molar-refractivity contribution in [2.24, 2.45) is 0 Å². The van der Waals surface area contributed by atoms with Crippen molar-refractivity contribution >= 4 is 21.6 Å². The van der Waals surface area contributed by atoms with Gasteiger partial charge in [-0.2, -0.15) is 4.31 Å². The van der Waals surface area contributed by atoms with E-state index in [2.05, 4.69) is 0 Å².